The minimum absolute atomic E-state index is 0.0823. The molecule has 1 aromatic carbocycles. The minimum atomic E-state index is -3.52. The zero-order valence-corrected chi connectivity index (χ0v) is 16.4. The van der Waals surface area contributed by atoms with E-state index in [9.17, 15) is 13.2 Å². The van der Waals surface area contributed by atoms with Crippen LogP contribution in [0.3, 0.4) is 0 Å². The van der Waals surface area contributed by atoms with Crippen LogP contribution in [0.5, 0.6) is 0 Å². The number of benzene rings is 1. The number of amides is 1. The zero-order chi connectivity index (χ0) is 19.5. The molecule has 0 unspecified atom stereocenters. The van der Waals surface area contributed by atoms with Crippen LogP contribution >= 0.6 is 0 Å². The number of pyridine rings is 1. The number of hydrogen-bond donors (Lipinski definition) is 2. The van der Waals surface area contributed by atoms with E-state index < -0.39 is 10.0 Å². The van der Waals surface area contributed by atoms with Gasteiger partial charge in [0, 0.05) is 25.2 Å². The van der Waals surface area contributed by atoms with Gasteiger partial charge in [-0.1, -0.05) is 0 Å². The van der Waals surface area contributed by atoms with Crippen molar-refractivity contribution in [1.82, 2.24) is 9.29 Å². The number of aromatic nitrogens is 1. The molecule has 0 bridgehead atoms. The van der Waals surface area contributed by atoms with Crippen molar-refractivity contribution < 1.29 is 13.2 Å². The highest BCUT2D eigenvalue weighted by Gasteiger charge is 2.17. The molecule has 0 aliphatic heterocycles. The van der Waals surface area contributed by atoms with Crippen LogP contribution in [0.1, 0.15) is 31.1 Å². The van der Waals surface area contributed by atoms with Gasteiger partial charge in [0.2, 0.25) is 10.0 Å². The second-order valence-electron chi connectivity index (χ2n) is 7.07. The van der Waals surface area contributed by atoms with Gasteiger partial charge >= 0.3 is 0 Å². The Balaban J connectivity index is 2.08. The number of hydrogen-bond acceptors (Lipinski definition) is 5. The predicted molar refractivity (Wildman–Crippen MR) is 103 cm³/mol. The Morgan fingerprint density at radius 3 is 2.12 bits per heavy atom. The van der Waals surface area contributed by atoms with Crippen LogP contribution in [0.15, 0.2) is 47.5 Å². The largest absolute Gasteiger partial charge is 0.379 e. The summed E-state index contributed by atoms with van der Waals surface area (Å²) in [5, 5.41) is 5.98. The molecule has 0 saturated carbocycles. The molecular formula is C18H24N4O3S. The van der Waals surface area contributed by atoms with Crippen LogP contribution in [-0.4, -0.2) is 43.2 Å². The molecule has 0 atom stereocenters. The van der Waals surface area contributed by atoms with Crippen molar-refractivity contribution in [3.8, 4) is 0 Å². The lowest BCUT2D eigenvalue weighted by Gasteiger charge is -2.21. The molecule has 0 spiro atoms. The first-order valence-electron chi connectivity index (χ1n) is 8.07. The van der Waals surface area contributed by atoms with Crippen molar-refractivity contribution in [2.75, 3.05) is 24.7 Å². The quantitative estimate of drug-likeness (QED) is 0.837. The Kier molecular flexibility index (Phi) is 5.68. The maximum Gasteiger partial charge on any atom is 0.256 e. The topological polar surface area (TPSA) is 91.4 Å². The normalized spacial score (nSPS) is 12.1. The third kappa shape index (κ3) is 5.03. The molecule has 140 valence electrons. The average molecular weight is 376 g/mol. The van der Waals surface area contributed by atoms with Gasteiger partial charge in [-0.2, -0.15) is 0 Å². The first-order valence-corrected chi connectivity index (χ1v) is 9.51. The molecule has 1 aromatic heterocycles. The van der Waals surface area contributed by atoms with Gasteiger partial charge in [-0.05, 0) is 57.2 Å². The fraction of sp³-hybridized carbons (Fsp3) is 0.333. The summed E-state index contributed by atoms with van der Waals surface area (Å²) in [6.45, 7) is 6.13. The number of carbonyl (C=O) groups is 1. The number of anilines is 2. The average Bonchev–Trinajstić information content (AvgIpc) is 2.55. The van der Waals surface area contributed by atoms with Gasteiger partial charge in [-0.15, -0.1) is 0 Å². The van der Waals surface area contributed by atoms with Crippen molar-refractivity contribution >= 4 is 27.4 Å². The number of nitrogens with zero attached hydrogens (tertiary/aromatic N) is 2. The molecular weight excluding hydrogens is 352 g/mol. The molecule has 0 aliphatic carbocycles. The van der Waals surface area contributed by atoms with Gasteiger partial charge in [0.15, 0.2) is 0 Å². The summed E-state index contributed by atoms with van der Waals surface area (Å²) < 4.78 is 25.2. The molecule has 2 rings (SSSR count). The van der Waals surface area contributed by atoms with E-state index in [0.29, 0.717) is 11.4 Å². The third-order valence-electron chi connectivity index (χ3n) is 3.42. The third-order valence-corrected chi connectivity index (χ3v) is 5.25. The molecule has 1 heterocycles. The molecule has 0 aliphatic rings. The Bertz CT molecular complexity index is 868. The molecule has 26 heavy (non-hydrogen) atoms. The van der Waals surface area contributed by atoms with Crippen molar-refractivity contribution in [1.29, 1.82) is 0 Å². The van der Waals surface area contributed by atoms with E-state index >= 15 is 0 Å². The van der Waals surface area contributed by atoms with E-state index in [1.54, 1.807) is 12.3 Å². The maximum absolute atomic E-state index is 12.3. The highest BCUT2D eigenvalue weighted by Crippen LogP contribution is 2.17. The minimum Gasteiger partial charge on any atom is -0.379 e. The van der Waals surface area contributed by atoms with Gasteiger partial charge in [-0.3, -0.25) is 4.79 Å². The van der Waals surface area contributed by atoms with Crippen LogP contribution in [0.4, 0.5) is 11.5 Å². The van der Waals surface area contributed by atoms with Crippen molar-refractivity contribution in [3.63, 3.8) is 0 Å². The molecule has 1 amide bonds. The molecule has 8 heteroatoms. The summed E-state index contributed by atoms with van der Waals surface area (Å²) >= 11 is 0. The lowest BCUT2D eigenvalue weighted by atomic mass is 10.1. The molecule has 2 N–H and O–H groups in total. The van der Waals surface area contributed by atoms with E-state index in [2.05, 4.69) is 15.6 Å². The molecule has 0 saturated heterocycles. The van der Waals surface area contributed by atoms with E-state index in [0.717, 1.165) is 9.99 Å². The fourth-order valence-electron chi connectivity index (χ4n) is 2.15. The van der Waals surface area contributed by atoms with Gasteiger partial charge in [0.05, 0.1) is 16.8 Å². The Morgan fingerprint density at radius 2 is 1.65 bits per heavy atom. The summed E-state index contributed by atoms with van der Waals surface area (Å²) in [7, 11) is -0.599. The smallest absolute Gasteiger partial charge is 0.256 e. The summed E-state index contributed by atoms with van der Waals surface area (Å²) in [6.07, 6.45) is 1.65. The van der Waals surface area contributed by atoms with E-state index in [-0.39, 0.29) is 16.3 Å². The Labute approximate surface area is 154 Å². The monoisotopic (exact) mass is 376 g/mol. The van der Waals surface area contributed by atoms with Gasteiger partial charge < -0.3 is 10.6 Å². The first-order chi connectivity index (χ1) is 12.0. The van der Waals surface area contributed by atoms with Crippen molar-refractivity contribution in [2.45, 2.75) is 31.2 Å². The lowest BCUT2D eigenvalue weighted by molar-refractivity contribution is 0.102. The molecule has 7 nitrogen and oxygen atoms in total. The summed E-state index contributed by atoms with van der Waals surface area (Å²) in [5.74, 6) is 0.0577. The molecule has 0 fully saturated rings. The van der Waals surface area contributed by atoms with Crippen LogP contribution in [0.2, 0.25) is 0 Å². The highest BCUT2D eigenvalue weighted by molar-refractivity contribution is 7.89. The van der Waals surface area contributed by atoms with Crippen LogP contribution in [0.25, 0.3) is 0 Å². The molecule has 0 radical (unpaired) electrons. The zero-order valence-electron chi connectivity index (χ0n) is 15.6. The SMILES string of the molecule is CN(C)S(=O)(=O)c1ccc(C(=O)Nc2ccc(NC(C)(C)C)cn2)cc1. The summed E-state index contributed by atoms with van der Waals surface area (Å²) in [5.41, 5.74) is 1.12. The van der Waals surface area contributed by atoms with Crippen LogP contribution in [-0.2, 0) is 10.0 Å². The Hall–Kier alpha value is -2.45. The highest BCUT2D eigenvalue weighted by atomic mass is 32.2. The predicted octanol–water partition coefficient (Wildman–Crippen LogP) is 2.79. The standard InChI is InChI=1S/C18H24N4O3S/c1-18(2,3)21-14-8-11-16(19-12-14)20-17(23)13-6-9-15(10-7-13)26(24,25)22(4)5/h6-12,21H,1-5H3,(H,19,20,23). The van der Waals surface area contributed by atoms with Crippen molar-refractivity contribution in [3.05, 3.63) is 48.2 Å². The first kappa shape index (κ1) is 19.9. The summed E-state index contributed by atoms with van der Waals surface area (Å²) in [6, 6.07) is 9.31. The molecule has 2 aromatic rings. The van der Waals surface area contributed by atoms with Gasteiger partial charge in [0.25, 0.3) is 5.91 Å². The lowest BCUT2D eigenvalue weighted by Crippen LogP contribution is -2.26. The number of nitrogens with one attached hydrogen (secondary N) is 2. The van der Waals surface area contributed by atoms with E-state index in [1.165, 1.54) is 38.4 Å². The second-order valence-corrected chi connectivity index (χ2v) is 9.22. The van der Waals surface area contributed by atoms with Gasteiger partial charge in [0.1, 0.15) is 5.82 Å². The van der Waals surface area contributed by atoms with Crippen LogP contribution < -0.4 is 10.6 Å². The number of carbonyl (C=O) groups excluding carboxylic acids is 1. The van der Waals surface area contributed by atoms with E-state index in [1.807, 2.05) is 26.8 Å². The fourth-order valence-corrected chi connectivity index (χ4v) is 3.05. The van der Waals surface area contributed by atoms with Crippen LogP contribution in [0, 0.1) is 0 Å². The van der Waals surface area contributed by atoms with Crippen molar-refractivity contribution in [2.24, 2.45) is 0 Å². The van der Waals surface area contributed by atoms with Gasteiger partial charge in [-0.25, -0.2) is 17.7 Å². The second kappa shape index (κ2) is 7.43. The number of sulfonamides is 1. The summed E-state index contributed by atoms with van der Waals surface area (Å²) in [4.78, 5) is 16.6. The van der Waals surface area contributed by atoms with E-state index in [4.69, 9.17) is 0 Å². The maximum atomic E-state index is 12.3. The Morgan fingerprint density at radius 1 is 1.04 bits per heavy atom. The number of rotatable bonds is 5.